The van der Waals surface area contributed by atoms with Crippen molar-refractivity contribution in [1.82, 2.24) is 10.2 Å². The first-order chi connectivity index (χ1) is 13.0. The number of hydrogen-bond acceptors (Lipinski definition) is 4. The zero-order chi connectivity index (χ0) is 19.1. The number of hydrogen-bond donors (Lipinski definition) is 1. The van der Waals surface area contributed by atoms with Gasteiger partial charge in [0, 0.05) is 32.5 Å². The third-order valence-corrected chi connectivity index (χ3v) is 6.77. The summed E-state index contributed by atoms with van der Waals surface area (Å²) >= 11 is 0. The summed E-state index contributed by atoms with van der Waals surface area (Å²) < 4.78 is 5.55. The Kier molecular flexibility index (Phi) is 4.83. The number of benzene rings is 1. The number of carbonyl (C=O) groups is 1. The van der Waals surface area contributed by atoms with E-state index < -0.39 is 5.54 Å². The first kappa shape index (κ1) is 18.6. The lowest BCUT2D eigenvalue weighted by Crippen LogP contribution is -2.60. The summed E-state index contributed by atoms with van der Waals surface area (Å²) in [6.45, 7) is 6.86. The smallest absolute Gasteiger partial charge is 0.243 e. The zero-order valence-electron chi connectivity index (χ0n) is 17.0. The highest BCUT2D eigenvalue weighted by Gasteiger charge is 2.55. The maximum atomic E-state index is 13.2. The summed E-state index contributed by atoms with van der Waals surface area (Å²) in [5.74, 6) is 1.88. The molecule has 0 unspecified atom stereocenters. The van der Waals surface area contributed by atoms with E-state index in [1.165, 1.54) is 25.7 Å². The summed E-state index contributed by atoms with van der Waals surface area (Å²) in [5.41, 5.74) is 0.494. The maximum Gasteiger partial charge on any atom is 0.243 e. The summed E-state index contributed by atoms with van der Waals surface area (Å²) in [6.07, 6.45) is 7.08. The molecule has 27 heavy (non-hydrogen) atoms. The Labute approximate surface area is 163 Å². The van der Waals surface area contributed by atoms with E-state index in [0.29, 0.717) is 5.92 Å². The van der Waals surface area contributed by atoms with E-state index in [9.17, 15) is 4.79 Å². The molecule has 2 saturated heterocycles. The SMILES string of the molecule is COc1ccccc1N1CCC2(CC1)NC(C)(C)C(=O)N2CC1CCCC1. The van der Waals surface area contributed by atoms with Crippen molar-refractivity contribution in [2.75, 3.05) is 31.6 Å². The van der Waals surface area contributed by atoms with Crippen LogP contribution in [0.4, 0.5) is 5.69 Å². The summed E-state index contributed by atoms with van der Waals surface area (Å²) in [5, 5.41) is 3.74. The predicted molar refractivity (Wildman–Crippen MR) is 108 cm³/mol. The Balaban J connectivity index is 1.53. The third kappa shape index (κ3) is 3.31. The van der Waals surface area contributed by atoms with Crippen LogP contribution in [-0.4, -0.2) is 48.8 Å². The van der Waals surface area contributed by atoms with Crippen LogP contribution < -0.4 is 15.0 Å². The topological polar surface area (TPSA) is 44.8 Å². The number of carbonyl (C=O) groups excluding carboxylic acids is 1. The van der Waals surface area contributed by atoms with Crippen LogP contribution in [0, 0.1) is 5.92 Å². The van der Waals surface area contributed by atoms with Crippen molar-refractivity contribution in [2.24, 2.45) is 5.92 Å². The molecule has 5 nitrogen and oxygen atoms in total. The van der Waals surface area contributed by atoms with E-state index in [4.69, 9.17) is 4.74 Å². The highest BCUT2D eigenvalue weighted by Crippen LogP contribution is 2.40. The van der Waals surface area contributed by atoms with Crippen LogP contribution >= 0.6 is 0 Å². The molecule has 148 valence electrons. The van der Waals surface area contributed by atoms with Crippen LogP contribution in [-0.2, 0) is 4.79 Å². The summed E-state index contributed by atoms with van der Waals surface area (Å²) in [7, 11) is 1.73. The highest BCUT2D eigenvalue weighted by molar-refractivity contribution is 5.88. The van der Waals surface area contributed by atoms with Gasteiger partial charge in [-0.2, -0.15) is 0 Å². The number of methoxy groups -OCH3 is 1. The van der Waals surface area contributed by atoms with Crippen molar-refractivity contribution in [1.29, 1.82) is 0 Å². The number of rotatable bonds is 4. The van der Waals surface area contributed by atoms with Crippen molar-refractivity contribution in [3.05, 3.63) is 24.3 Å². The van der Waals surface area contributed by atoms with Gasteiger partial charge in [0.05, 0.1) is 24.0 Å². The van der Waals surface area contributed by atoms with Gasteiger partial charge in [-0.25, -0.2) is 0 Å². The van der Waals surface area contributed by atoms with E-state index in [0.717, 1.165) is 43.9 Å². The third-order valence-electron chi connectivity index (χ3n) is 6.77. The minimum atomic E-state index is -0.467. The molecule has 3 aliphatic rings. The first-order valence-corrected chi connectivity index (χ1v) is 10.4. The molecule has 0 aromatic heterocycles. The Bertz CT molecular complexity index is 689. The summed E-state index contributed by atoms with van der Waals surface area (Å²) in [6, 6.07) is 8.22. The Morgan fingerprint density at radius 3 is 2.48 bits per heavy atom. The molecule has 4 rings (SSSR count). The Morgan fingerprint density at radius 2 is 1.81 bits per heavy atom. The molecule has 1 aliphatic carbocycles. The van der Waals surface area contributed by atoms with Crippen molar-refractivity contribution in [2.45, 2.75) is 63.6 Å². The second-order valence-electron chi connectivity index (χ2n) is 9.01. The van der Waals surface area contributed by atoms with E-state index in [-0.39, 0.29) is 11.6 Å². The molecule has 1 spiro atoms. The molecule has 2 aliphatic heterocycles. The molecule has 1 aromatic carbocycles. The van der Waals surface area contributed by atoms with E-state index in [1.807, 2.05) is 26.0 Å². The van der Waals surface area contributed by atoms with Gasteiger partial charge >= 0.3 is 0 Å². The van der Waals surface area contributed by atoms with Crippen molar-refractivity contribution in [3.8, 4) is 5.75 Å². The largest absolute Gasteiger partial charge is 0.495 e. The second kappa shape index (κ2) is 7.01. The molecule has 2 heterocycles. The van der Waals surface area contributed by atoms with Gasteiger partial charge in [0.25, 0.3) is 0 Å². The Morgan fingerprint density at radius 1 is 1.15 bits per heavy atom. The Hall–Kier alpha value is -1.75. The zero-order valence-corrected chi connectivity index (χ0v) is 17.0. The molecule has 0 radical (unpaired) electrons. The molecule has 0 bridgehead atoms. The number of nitrogens with zero attached hydrogens (tertiary/aromatic N) is 2. The predicted octanol–water partition coefficient (Wildman–Crippen LogP) is 3.39. The standard InChI is InChI=1S/C22H33N3O2/c1-21(2)20(26)25(16-17-8-4-5-9-17)22(23-21)12-14-24(15-13-22)18-10-6-7-11-19(18)27-3/h6-7,10-11,17,23H,4-5,8-9,12-16H2,1-3H3. The summed E-state index contributed by atoms with van der Waals surface area (Å²) in [4.78, 5) is 17.8. The number of piperidine rings is 1. The molecule has 0 atom stereocenters. The molecule has 1 amide bonds. The molecule has 3 fully saturated rings. The van der Waals surface area contributed by atoms with Crippen LogP contribution in [0.15, 0.2) is 24.3 Å². The van der Waals surface area contributed by atoms with Crippen molar-refractivity contribution < 1.29 is 9.53 Å². The number of anilines is 1. The first-order valence-electron chi connectivity index (χ1n) is 10.4. The van der Waals surface area contributed by atoms with Crippen LogP contribution in [0.2, 0.25) is 0 Å². The quantitative estimate of drug-likeness (QED) is 0.881. The lowest BCUT2D eigenvalue weighted by atomic mass is 9.93. The minimum Gasteiger partial charge on any atom is -0.495 e. The van der Waals surface area contributed by atoms with Crippen molar-refractivity contribution in [3.63, 3.8) is 0 Å². The minimum absolute atomic E-state index is 0.193. The normalized spacial score (nSPS) is 24.8. The molecule has 5 heteroatoms. The van der Waals surface area contributed by atoms with Gasteiger partial charge in [0.1, 0.15) is 5.75 Å². The van der Waals surface area contributed by atoms with E-state index >= 15 is 0 Å². The second-order valence-corrected chi connectivity index (χ2v) is 9.01. The molecular weight excluding hydrogens is 338 g/mol. The lowest BCUT2D eigenvalue weighted by Gasteiger charge is -2.46. The van der Waals surface area contributed by atoms with Gasteiger partial charge in [-0.05, 0) is 44.7 Å². The number of nitrogens with one attached hydrogen (secondary N) is 1. The van der Waals surface area contributed by atoms with Crippen LogP contribution in [0.25, 0.3) is 0 Å². The van der Waals surface area contributed by atoms with E-state index in [2.05, 4.69) is 27.2 Å². The van der Waals surface area contributed by atoms with E-state index in [1.54, 1.807) is 7.11 Å². The van der Waals surface area contributed by atoms with Gasteiger partial charge in [-0.1, -0.05) is 25.0 Å². The number of para-hydroxylation sites is 2. The van der Waals surface area contributed by atoms with Crippen LogP contribution in [0.1, 0.15) is 52.4 Å². The fourth-order valence-corrected chi connectivity index (χ4v) is 5.35. The molecule has 1 saturated carbocycles. The van der Waals surface area contributed by atoms with Crippen LogP contribution in [0.5, 0.6) is 5.75 Å². The van der Waals surface area contributed by atoms with Gasteiger partial charge < -0.3 is 14.5 Å². The monoisotopic (exact) mass is 371 g/mol. The van der Waals surface area contributed by atoms with Gasteiger partial charge in [-0.3, -0.25) is 10.1 Å². The van der Waals surface area contributed by atoms with Crippen LogP contribution in [0.3, 0.4) is 0 Å². The fraction of sp³-hybridized carbons (Fsp3) is 0.682. The van der Waals surface area contributed by atoms with Crippen molar-refractivity contribution >= 4 is 11.6 Å². The fourth-order valence-electron chi connectivity index (χ4n) is 5.35. The number of amides is 1. The van der Waals surface area contributed by atoms with Gasteiger partial charge in [0.15, 0.2) is 0 Å². The maximum absolute atomic E-state index is 13.2. The molecular formula is C22H33N3O2. The average molecular weight is 372 g/mol. The molecule has 1 N–H and O–H groups in total. The number of ether oxygens (including phenoxy) is 1. The lowest BCUT2D eigenvalue weighted by molar-refractivity contribution is -0.135. The molecule has 1 aromatic rings. The average Bonchev–Trinajstić information content (AvgIpc) is 3.24. The highest BCUT2D eigenvalue weighted by atomic mass is 16.5. The van der Waals surface area contributed by atoms with Gasteiger partial charge in [0.2, 0.25) is 5.91 Å². The van der Waals surface area contributed by atoms with Gasteiger partial charge in [-0.15, -0.1) is 0 Å².